The van der Waals surface area contributed by atoms with Crippen LogP contribution in [0, 0.1) is 0 Å². The van der Waals surface area contributed by atoms with E-state index in [0.717, 1.165) is 36.4 Å². The van der Waals surface area contributed by atoms with Gasteiger partial charge in [0.2, 0.25) is 5.95 Å². The van der Waals surface area contributed by atoms with Crippen LogP contribution in [-0.2, 0) is 13.0 Å². The smallest absolute Gasteiger partial charge is 0.273 e. The van der Waals surface area contributed by atoms with Gasteiger partial charge < -0.3 is 9.84 Å². The Morgan fingerprint density at radius 2 is 2.24 bits per heavy atom. The number of nitrogens with one attached hydrogen (secondary N) is 3. The molecule has 1 aliphatic heterocycles. The largest absolute Gasteiger partial charge is 0.361 e. The molecular weight excluding hydrogens is 320 g/mol. The highest BCUT2D eigenvalue weighted by molar-refractivity contribution is 5.39. The summed E-state index contributed by atoms with van der Waals surface area (Å²) >= 11 is 0. The molecule has 8 nitrogen and oxygen atoms in total. The summed E-state index contributed by atoms with van der Waals surface area (Å²) in [5.74, 6) is 1.37. The summed E-state index contributed by atoms with van der Waals surface area (Å²) in [6.07, 6.45) is 5.29. The summed E-state index contributed by atoms with van der Waals surface area (Å²) in [5, 5.41) is 10.7. The van der Waals surface area contributed by atoms with Crippen molar-refractivity contribution in [2.24, 2.45) is 0 Å². The molecule has 1 unspecified atom stereocenters. The fourth-order valence-corrected chi connectivity index (χ4v) is 3.01. The van der Waals surface area contributed by atoms with E-state index in [9.17, 15) is 4.79 Å². The minimum Gasteiger partial charge on any atom is -0.361 e. The third-order valence-corrected chi connectivity index (χ3v) is 4.64. The molecule has 0 aromatic carbocycles. The lowest BCUT2D eigenvalue weighted by Gasteiger charge is -2.25. The van der Waals surface area contributed by atoms with E-state index in [4.69, 9.17) is 4.52 Å². The molecule has 25 heavy (non-hydrogen) atoms. The van der Waals surface area contributed by atoms with E-state index in [1.807, 2.05) is 13.0 Å². The van der Waals surface area contributed by atoms with Crippen LogP contribution in [0.4, 0.5) is 5.95 Å². The van der Waals surface area contributed by atoms with Crippen molar-refractivity contribution in [1.82, 2.24) is 20.1 Å². The Labute approximate surface area is 146 Å². The van der Waals surface area contributed by atoms with Crippen molar-refractivity contribution in [2.45, 2.75) is 64.2 Å². The van der Waals surface area contributed by atoms with Crippen LogP contribution in [0.1, 0.15) is 62.6 Å². The number of hydrogen-bond acceptors (Lipinski definition) is 7. The Kier molecular flexibility index (Phi) is 3.99. The van der Waals surface area contributed by atoms with Crippen LogP contribution in [0.3, 0.4) is 0 Å². The third-order valence-electron chi connectivity index (χ3n) is 4.64. The quantitative estimate of drug-likeness (QED) is 0.705. The maximum Gasteiger partial charge on any atom is 0.273 e. The average molecular weight is 344 g/mol. The zero-order valence-electron chi connectivity index (χ0n) is 14.6. The van der Waals surface area contributed by atoms with E-state index < -0.39 is 5.79 Å². The zero-order valence-corrected chi connectivity index (χ0v) is 14.6. The molecule has 134 valence electrons. The second-order valence-electron chi connectivity index (χ2n) is 7.06. The average Bonchev–Trinajstić information content (AvgIpc) is 3.22. The highest BCUT2D eigenvalue weighted by atomic mass is 16.5. The maximum atomic E-state index is 12.3. The number of hydrogen-bond donors (Lipinski definition) is 3. The molecule has 1 atom stereocenters. The molecule has 2 aliphatic rings. The van der Waals surface area contributed by atoms with Crippen LogP contribution in [0.5, 0.6) is 0 Å². The minimum atomic E-state index is -0.679. The molecule has 0 amide bonds. The Hall–Kier alpha value is -2.35. The fourth-order valence-electron chi connectivity index (χ4n) is 3.01. The van der Waals surface area contributed by atoms with Crippen LogP contribution in [0.15, 0.2) is 21.5 Å². The van der Waals surface area contributed by atoms with E-state index in [1.54, 1.807) is 6.07 Å². The third kappa shape index (κ3) is 3.39. The number of anilines is 1. The van der Waals surface area contributed by atoms with Gasteiger partial charge in [-0.15, -0.1) is 0 Å². The van der Waals surface area contributed by atoms with E-state index in [2.05, 4.69) is 33.1 Å². The number of nitrogens with zero attached hydrogens (tertiary/aromatic N) is 3. The van der Waals surface area contributed by atoms with Gasteiger partial charge in [-0.3, -0.25) is 15.5 Å². The van der Waals surface area contributed by atoms with E-state index in [1.165, 1.54) is 17.5 Å². The molecule has 2 aromatic heterocycles. The molecule has 3 N–H and O–H groups in total. The Balaban J connectivity index is 1.43. The van der Waals surface area contributed by atoms with Crippen molar-refractivity contribution in [3.8, 4) is 0 Å². The van der Waals surface area contributed by atoms with E-state index in [0.29, 0.717) is 18.4 Å². The van der Waals surface area contributed by atoms with Crippen molar-refractivity contribution in [1.29, 1.82) is 0 Å². The SMILES string of the molecule is CCCCc1cc(=O)n2c(n1)NC(C)(NCc1cc(C3CC3)on1)N2. The summed E-state index contributed by atoms with van der Waals surface area (Å²) in [6.45, 7) is 4.58. The minimum absolute atomic E-state index is 0.105. The molecule has 3 heterocycles. The highest BCUT2D eigenvalue weighted by Gasteiger charge is 2.33. The Bertz CT molecular complexity index is 825. The summed E-state index contributed by atoms with van der Waals surface area (Å²) < 4.78 is 6.82. The van der Waals surface area contributed by atoms with Crippen LogP contribution in [-0.4, -0.2) is 20.6 Å². The lowest BCUT2D eigenvalue weighted by Crippen LogP contribution is -2.54. The van der Waals surface area contributed by atoms with Crippen LogP contribution in [0.2, 0.25) is 0 Å². The monoisotopic (exact) mass is 344 g/mol. The number of rotatable bonds is 7. The molecule has 0 bridgehead atoms. The number of aromatic nitrogens is 3. The van der Waals surface area contributed by atoms with Gasteiger partial charge in [-0.2, -0.15) is 4.68 Å². The van der Waals surface area contributed by atoms with Gasteiger partial charge in [0.05, 0.1) is 5.69 Å². The van der Waals surface area contributed by atoms with Crippen molar-refractivity contribution >= 4 is 5.95 Å². The molecule has 1 saturated carbocycles. The molecule has 8 heteroatoms. The molecule has 0 radical (unpaired) electrons. The van der Waals surface area contributed by atoms with Gasteiger partial charge in [-0.1, -0.05) is 18.5 Å². The second-order valence-corrected chi connectivity index (χ2v) is 7.06. The van der Waals surface area contributed by atoms with Gasteiger partial charge in [0.15, 0.2) is 5.79 Å². The summed E-state index contributed by atoms with van der Waals surface area (Å²) in [4.78, 5) is 16.9. The maximum absolute atomic E-state index is 12.3. The van der Waals surface area contributed by atoms with Gasteiger partial charge in [0, 0.05) is 30.3 Å². The van der Waals surface area contributed by atoms with Gasteiger partial charge in [0.25, 0.3) is 5.56 Å². The second kappa shape index (κ2) is 6.18. The van der Waals surface area contributed by atoms with Crippen molar-refractivity contribution in [3.05, 3.63) is 39.6 Å². The molecule has 1 fully saturated rings. The number of unbranched alkanes of at least 4 members (excludes halogenated alkanes) is 1. The standard InChI is InChI=1S/C17H24N6O2/c1-3-4-5-12-9-15(24)23-16(19-12)20-17(2,22-23)18-10-13-8-14(25-21-13)11-6-7-11/h8-9,11,18,22H,3-7,10H2,1-2H3,(H,19,20). The normalized spacial score (nSPS) is 21.7. The molecular formula is C17H24N6O2. The van der Waals surface area contributed by atoms with Gasteiger partial charge >= 0.3 is 0 Å². The van der Waals surface area contributed by atoms with Crippen molar-refractivity contribution < 1.29 is 4.52 Å². The molecule has 2 aromatic rings. The van der Waals surface area contributed by atoms with Crippen molar-refractivity contribution in [2.75, 3.05) is 10.7 Å². The summed E-state index contributed by atoms with van der Waals surface area (Å²) in [6, 6.07) is 3.60. The predicted octanol–water partition coefficient (Wildman–Crippen LogP) is 1.88. The number of aryl methyl sites for hydroxylation is 1. The van der Waals surface area contributed by atoms with Crippen LogP contribution in [0.25, 0.3) is 0 Å². The van der Waals surface area contributed by atoms with E-state index in [-0.39, 0.29) is 5.56 Å². The molecule has 0 saturated heterocycles. The summed E-state index contributed by atoms with van der Waals surface area (Å²) in [7, 11) is 0. The fraction of sp³-hybridized carbons (Fsp3) is 0.588. The zero-order chi connectivity index (χ0) is 17.4. The van der Waals surface area contributed by atoms with Gasteiger partial charge in [-0.25, -0.2) is 4.98 Å². The molecule has 4 rings (SSSR count). The van der Waals surface area contributed by atoms with Crippen molar-refractivity contribution in [3.63, 3.8) is 0 Å². The first-order valence-corrected chi connectivity index (χ1v) is 8.96. The van der Waals surface area contributed by atoms with Gasteiger partial charge in [-0.05, 0) is 32.6 Å². The van der Waals surface area contributed by atoms with Gasteiger partial charge in [0.1, 0.15) is 5.76 Å². The Morgan fingerprint density at radius 1 is 1.40 bits per heavy atom. The first-order valence-electron chi connectivity index (χ1n) is 8.96. The predicted molar refractivity (Wildman–Crippen MR) is 93.8 cm³/mol. The summed E-state index contributed by atoms with van der Waals surface area (Å²) in [5.41, 5.74) is 4.71. The lowest BCUT2D eigenvalue weighted by molar-refractivity contribution is 0.368. The first-order chi connectivity index (χ1) is 12.1. The molecule has 1 aliphatic carbocycles. The van der Waals surface area contributed by atoms with Crippen LogP contribution >= 0.6 is 0 Å². The lowest BCUT2D eigenvalue weighted by atomic mass is 10.2. The highest BCUT2D eigenvalue weighted by Crippen LogP contribution is 2.40. The molecule has 0 spiro atoms. The number of fused-ring (bicyclic) bond motifs is 1. The Morgan fingerprint density at radius 3 is 3.00 bits per heavy atom. The van der Waals surface area contributed by atoms with E-state index >= 15 is 0 Å². The topological polar surface area (TPSA) is 97.0 Å². The first kappa shape index (κ1) is 16.1. The van der Waals surface area contributed by atoms with Crippen LogP contribution < -0.4 is 21.6 Å².